The van der Waals surface area contributed by atoms with Gasteiger partial charge < -0.3 is 10.2 Å². The largest absolute Gasteiger partial charge is 0.352 e. The minimum atomic E-state index is -4.31. The maximum atomic E-state index is 14.5. The Bertz CT molecular complexity index is 1740. The Labute approximate surface area is 283 Å². The SMILES string of the molecule is Cc1ccc(S(=O)(=O)N(CC(=O)N(Cc2ccc(Br)cc2)C(Cc2ccccc2)C(=O)NC(C)C)c2cc(Cl)ccc2Cl)cc1. The predicted molar refractivity (Wildman–Crippen MR) is 184 cm³/mol. The van der Waals surface area contributed by atoms with Gasteiger partial charge in [0.15, 0.2) is 0 Å². The Balaban J connectivity index is 1.83. The van der Waals surface area contributed by atoms with Gasteiger partial charge in [-0.05, 0) is 74.4 Å². The Morgan fingerprint density at radius 1 is 0.867 bits per heavy atom. The van der Waals surface area contributed by atoms with Crippen LogP contribution in [-0.4, -0.2) is 43.8 Å². The summed E-state index contributed by atoms with van der Waals surface area (Å²) in [6, 6.07) is 26.4. The molecule has 0 fully saturated rings. The molecule has 0 spiro atoms. The second-order valence-corrected chi connectivity index (χ2v) is 14.6. The van der Waals surface area contributed by atoms with Crippen molar-refractivity contribution in [3.05, 3.63) is 128 Å². The summed E-state index contributed by atoms with van der Waals surface area (Å²) in [7, 11) is -4.31. The molecule has 0 heterocycles. The van der Waals surface area contributed by atoms with E-state index in [9.17, 15) is 18.0 Å². The van der Waals surface area contributed by atoms with E-state index in [1.54, 1.807) is 12.1 Å². The van der Waals surface area contributed by atoms with Gasteiger partial charge in [0.2, 0.25) is 11.8 Å². The minimum Gasteiger partial charge on any atom is -0.352 e. The van der Waals surface area contributed by atoms with Crippen LogP contribution >= 0.6 is 39.1 Å². The lowest BCUT2D eigenvalue weighted by atomic mass is 10.0. The van der Waals surface area contributed by atoms with Crippen LogP contribution in [0.2, 0.25) is 10.0 Å². The summed E-state index contributed by atoms with van der Waals surface area (Å²) < 4.78 is 30.2. The summed E-state index contributed by atoms with van der Waals surface area (Å²) in [5.41, 5.74) is 2.53. The molecule has 1 N–H and O–H groups in total. The molecule has 7 nitrogen and oxygen atoms in total. The summed E-state index contributed by atoms with van der Waals surface area (Å²) in [4.78, 5) is 29.7. The van der Waals surface area contributed by atoms with Gasteiger partial charge in [0.05, 0.1) is 15.6 Å². The lowest BCUT2D eigenvalue weighted by Gasteiger charge is -2.34. The quantitative estimate of drug-likeness (QED) is 0.164. The summed E-state index contributed by atoms with van der Waals surface area (Å²) >= 11 is 16.3. The first kappa shape index (κ1) is 34.5. The molecular formula is C34H34BrCl2N3O4S. The number of carbonyl (C=O) groups excluding carboxylic acids is 2. The topological polar surface area (TPSA) is 86.8 Å². The molecule has 2 amide bonds. The molecule has 45 heavy (non-hydrogen) atoms. The van der Waals surface area contributed by atoms with Crippen LogP contribution in [0.1, 0.15) is 30.5 Å². The number of nitrogens with one attached hydrogen (secondary N) is 1. The third-order valence-corrected chi connectivity index (χ3v) is 9.89. The summed E-state index contributed by atoms with van der Waals surface area (Å²) in [6.07, 6.45) is 0.213. The van der Waals surface area contributed by atoms with Crippen molar-refractivity contribution in [2.75, 3.05) is 10.8 Å². The van der Waals surface area contributed by atoms with E-state index in [1.807, 2.05) is 75.4 Å². The van der Waals surface area contributed by atoms with Crippen LogP contribution in [0.3, 0.4) is 0 Å². The Hall–Kier alpha value is -3.37. The number of sulfonamides is 1. The molecule has 11 heteroatoms. The molecule has 1 unspecified atom stereocenters. The zero-order valence-electron chi connectivity index (χ0n) is 25.1. The van der Waals surface area contributed by atoms with E-state index in [-0.39, 0.29) is 45.5 Å². The molecule has 0 aromatic heterocycles. The lowest BCUT2D eigenvalue weighted by Crippen LogP contribution is -2.54. The zero-order valence-corrected chi connectivity index (χ0v) is 29.0. The summed E-state index contributed by atoms with van der Waals surface area (Å²) in [5.74, 6) is -0.947. The molecule has 0 aliphatic carbocycles. The molecule has 0 saturated carbocycles. The molecule has 4 aromatic carbocycles. The highest BCUT2D eigenvalue weighted by Crippen LogP contribution is 2.33. The Morgan fingerprint density at radius 2 is 1.51 bits per heavy atom. The number of rotatable bonds is 12. The predicted octanol–water partition coefficient (Wildman–Crippen LogP) is 7.42. The van der Waals surface area contributed by atoms with Gasteiger partial charge in [-0.15, -0.1) is 0 Å². The van der Waals surface area contributed by atoms with E-state index < -0.39 is 28.5 Å². The van der Waals surface area contributed by atoms with E-state index >= 15 is 0 Å². The van der Waals surface area contributed by atoms with E-state index in [1.165, 1.54) is 35.2 Å². The monoisotopic (exact) mass is 729 g/mol. The highest BCUT2D eigenvalue weighted by atomic mass is 79.9. The molecule has 0 aliphatic rings. The van der Waals surface area contributed by atoms with E-state index in [4.69, 9.17) is 23.2 Å². The molecular weight excluding hydrogens is 697 g/mol. The third-order valence-electron chi connectivity index (χ3n) is 7.03. The van der Waals surface area contributed by atoms with Crippen LogP contribution in [0.15, 0.2) is 106 Å². The van der Waals surface area contributed by atoms with Crippen LogP contribution in [0, 0.1) is 6.92 Å². The maximum Gasteiger partial charge on any atom is 0.264 e. The fraction of sp³-hybridized carbons (Fsp3) is 0.235. The van der Waals surface area contributed by atoms with Crippen LogP contribution in [0.25, 0.3) is 0 Å². The van der Waals surface area contributed by atoms with Gasteiger partial charge in [0, 0.05) is 28.5 Å². The first-order valence-corrected chi connectivity index (χ1v) is 17.3. The van der Waals surface area contributed by atoms with Crippen molar-refractivity contribution in [1.29, 1.82) is 0 Å². The number of carbonyl (C=O) groups is 2. The van der Waals surface area contributed by atoms with Crippen molar-refractivity contribution in [1.82, 2.24) is 10.2 Å². The Morgan fingerprint density at radius 3 is 2.13 bits per heavy atom. The van der Waals surface area contributed by atoms with E-state index in [2.05, 4.69) is 21.2 Å². The number of benzene rings is 4. The molecule has 1 atom stereocenters. The van der Waals surface area contributed by atoms with Crippen LogP contribution in [0.4, 0.5) is 5.69 Å². The average Bonchev–Trinajstić information content (AvgIpc) is 3.00. The number of nitrogens with zero attached hydrogens (tertiary/aromatic N) is 2. The number of anilines is 1. The number of hydrogen-bond donors (Lipinski definition) is 1. The van der Waals surface area contributed by atoms with Gasteiger partial charge >= 0.3 is 0 Å². The summed E-state index contributed by atoms with van der Waals surface area (Å²) in [6.45, 7) is 4.95. The zero-order chi connectivity index (χ0) is 32.7. The fourth-order valence-corrected chi connectivity index (χ4v) is 6.87. The number of aryl methyl sites for hydroxylation is 1. The normalized spacial score (nSPS) is 12.1. The molecule has 0 aliphatic heterocycles. The van der Waals surface area contributed by atoms with Crippen molar-refractivity contribution in [2.45, 2.75) is 50.7 Å². The molecule has 0 radical (unpaired) electrons. The van der Waals surface area contributed by atoms with Gasteiger partial charge in [0.1, 0.15) is 12.6 Å². The number of hydrogen-bond acceptors (Lipinski definition) is 4. The lowest BCUT2D eigenvalue weighted by molar-refractivity contribution is -0.140. The molecule has 0 saturated heterocycles. The van der Waals surface area contributed by atoms with Gasteiger partial charge in [-0.2, -0.15) is 0 Å². The minimum absolute atomic E-state index is 0.0187. The van der Waals surface area contributed by atoms with Gasteiger partial charge in [-0.1, -0.05) is 99.3 Å². The third kappa shape index (κ3) is 9.10. The van der Waals surface area contributed by atoms with Gasteiger partial charge in [0.25, 0.3) is 10.0 Å². The first-order valence-electron chi connectivity index (χ1n) is 14.3. The van der Waals surface area contributed by atoms with Crippen molar-refractivity contribution < 1.29 is 18.0 Å². The number of halogens is 3. The van der Waals surface area contributed by atoms with E-state index in [0.29, 0.717) is 0 Å². The average molecular weight is 732 g/mol. The smallest absolute Gasteiger partial charge is 0.264 e. The second kappa shape index (κ2) is 15.3. The van der Waals surface area contributed by atoms with Crippen LogP contribution < -0.4 is 9.62 Å². The first-order chi connectivity index (χ1) is 21.3. The van der Waals surface area contributed by atoms with Crippen molar-refractivity contribution >= 4 is 66.7 Å². The van der Waals surface area contributed by atoms with E-state index in [0.717, 1.165) is 25.5 Å². The fourth-order valence-electron chi connectivity index (χ4n) is 4.75. The van der Waals surface area contributed by atoms with Crippen LogP contribution in [-0.2, 0) is 32.6 Å². The van der Waals surface area contributed by atoms with Crippen molar-refractivity contribution in [3.63, 3.8) is 0 Å². The summed E-state index contributed by atoms with van der Waals surface area (Å²) in [5, 5.41) is 3.29. The van der Waals surface area contributed by atoms with Gasteiger partial charge in [-0.3, -0.25) is 13.9 Å². The molecule has 0 bridgehead atoms. The highest BCUT2D eigenvalue weighted by Gasteiger charge is 2.35. The molecule has 236 valence electrons. The maximum absolute atomic E-state index is 14.5. The van der Waals surface area contributed by atoms with Gasteiger partial charge in [-0.25, -0.2) is 8.42 Å². The number of amides is 2. The van der Waals surface area contributed by atoms with Crippen molar-refractivity contribution in [3.8, 4) is 0 Å². The standard InChI is InChI=1S/C34H34BrCl2N3O4S/c1-23(2)38-34(42)32(19-25-7-5-4-6-8-25)39(21-26-11-13-27(35)14-12-26)33(41)22-40(31-20-28(36)15-18-30(31)37)45(43,44)29-16-9-24(3)10-17-29/h4-18,20,23,32H,19,21-22H2,1-3H3,(H,38,42). The second-order valence-electron chi connectivity index (χ2n) is 10.9. The molecule has 4 rings (SSSR count). The highest BCUT2D eigenvalue weighted by molar-refractivity contribution is 9.10. The Kier molecular flexibility index (Phi) is 11.7. The van der Waals surface area contributed by atoms with Crippen molar-refractivity contribution in [2.24, 2.45) is 0 Å². The molecule has 4 aromatic rings. The van der Waals surface area contributed by atoms with Crippen LogP contribution in [0.5, 0.6) is 0 Å².